The minimum absolute atomic E-state index is 0.154. The van der Waals surface area contributed by atoms with Gasteiger partial charge in [-0.1, -0.05) is 26.2 Å². The summed E-state index contributed by atoms with van der Waals surface area (Å²) in [6.45, 7) is 18.8. The molecule has 0 spiro atoms. The standard InChI is InChI=1S/C9H26O2Si4/c1-9-11-12(2,3)13(4,5)14(6,7)15(9,8)10/h9-10H,1-8H3. The van der Waals surface area contributed by atoms with E-state index in [2.05, 4.69) is 52.8 Å². The summed E-state index contributed by atoms with van der Waals surface area (Å²) in [5.74, 6) is 0. The second kappa shape index (κ2) is 3.39. The third-order valence-corrected chi connectivity index (χ3v) is 68.2. The Morgan fingerprint density at radius 1 is 0.867 bits per heavy atom. The first-order chi connectivity index (χ1) is 6.38. The lowest BCUT2D eigenvalue weighted by Gasteiger charge is -2.60. The summed E-state index contributed by atoms with van der Waals surface area (Å²) in [5, 5.41) is 0. The number of rotatable bonds is 0. The predicted octanol–water partition coefficient (Wildman–Crippen LogP) is 2.37. The van der Waals surface area contributed by atoms with E-state index in [4.69, 9.17) is 4.43 Å². The van der Waals surface area contributed by atoms with E-state index in [1.807, 2.05) is 0 Å². The molecule has 1 aliphatic rings. The highest BCUT2D eigenvalue weighted by atomic mass is 29.8. The van der Waals surface area contributed by atoms with Gasteiger partial charge in [0.15, 0.2) is 15.7 Å². The van der Waals surface area contributed by atoms with Crippen LogP contribution in [0.3, 0.4) is 0 Å². The normalized spacial score (nSPS) is 42.6. The van der Waals surface area contributed by atoms with Gasteiger partial charge < -0.3 is 9.22 Å². The highest BCUT2D eigenvalue weighted by Crippen LogP contribution is 2.41. The van der Waals surface area contributed by atoms with Crippen molar-refractivity contribution in [1.29, 1.82) is 0 Å². The molecule has 0 radical (unpaired) electrons. The van der Waals surface area contributed by atoms with E-state index < -0.39 is 29.9 Å². The van der Waals surface area contributed by atoms with Crippen molar-refractivity contribution in [3.8, 4) is 0 Å². The van der Waals surface area contributed by atoms with Crippen molar-refractivity contribution in [3.05, 3.63) is 0 Å². The molecule has 0 aliphatic carbocycles. The molecule has 0 aromatic heterocycles. The lowest BCUT2D eigenvalue weighted by molar-refractivity contribution is 0.265. The van der Waals surface area contributed by atoms with Gasteiger partial charge in [0.2, 0.25) is 0 Å². The Morgan fingerprint density at radius 3 is 1.67 bits per heavy atom. The minimum atomic E-state index is -2.13. The maximum Gasteiger partial charge on any atom is 0.195 e. The molecule has 2 unspecified atom stereocenters. The van der Waals surface area contributed by atoms with Crippen molar-refractivity contribution in [2.24, 2.45) is 0 Å². The van der Waals surface area contributed by atoms with Crippen LogP contribution in [-0.2, 0) is 4.43 Å². The van der Waals surface area contributed by atoms with Gasteiger partial charge in [-0.2, -0.15) is 0 Å². The quantitative estimate of drug-likeness (QED) is 0.690. The summed E-state index contributed by atoms with van der Waals surface area (Å²) in [5.41, 5.74) is 0.154. The molecule has 0 saturated carbocycles. The summed E-state index contributed by atoms with van der Waals surface area (Å²) in [4.78, 5) is 10.9. The van der Waals surface area contributed by atoms with Gasteiger partial charge in [0.05, 0.1) is 19.9 Å². The molecule has 2 atom stereocenters. The number of hydrogen-bond acceptors (Lipinski definition) is 2. The first kappa shape index (κ1) is 13.9. The zero-order valence-corrected chi connectivity index (χ0v) is 15.4. The third-order valence-electron chi connectivity index (χ3n) is 5.60. The van der Waals surface area contributed by atoms with Gasteiger partial charge in [0, 0.05) is 0 Å². The topological polar surface area (TPSA) is 29.5 Å². The molecule has 1 N–H and O–H groups in total. The van der Waals surface area contributed by atoms with Crippen LogP contribution in [0.2, 0.25) is 45.8 Å². The van der Waals surface area contributed by atoms with E-state index in [1.165, 1.54) is 0 Å². The molecule has 1 saturated heterocycles. The second-order valence-electron chi connectivity index (χ2n) is 6.67. The Labute approximate surface area is 97.7 Å². The molecule has 0 amide bonds. The van der Waals surface area contributed by atoms with Crippen molar-refractivity contribution in [3.63, 3.8) is 0 Å². The van der Waals surface area contributed by atoms with Crippen molar-refractivity contribution >= 4 is 29.9 Å². The van der Waals surface area contributed by atoms with Crippen molar-refractivity contribution < 1.29 is 9.22 Å². The van der Waals surface area contributed by atoms with Gasteiger partial charge in [-0.15, -0.1) is 0 Å². The zero-order chi connectivity index (χ0) is 12.3. The smallest absolute Gasteiger partial charge is 0.195 e. The maximum absolute atomic E-state index is 10.9. The van der Waals surface area contributed by atoms with Gasteiger partial charge in [-0.05, 0) is 26.6 Å². The lowest BCUT2D eigenvalue weighted by Crippen LogP contribution is -2.88. The van der Waals surface area contributed by atoms with Crippen molar-refractivity contribution in [2.45, 2.75) is 58.5 Å². The Kier molecular flexibility index (Phi) is 3.13. The van der Waals surface area contributed by atoms with Crippen LogP contribution in [0.4, 0.5) is 0 Å². The molecule has 1 heterocycles. The molecule has 2 nitrogen and oxygen atoms in total. The third kappa shape index (κ3) is 1.61. The SMILES string of the molecule is CC1O[Si](C)(C)[Si](C)(C)[Si](C)(C)[Si]1(C)O. The van der Waals surface area contributed by atoms with Crippen LogP contribution in [0.25, 0.3) is 0 Å². The fourth-order valence-corrected chi connectivity index (χ4v) is 65.3. The molecule has 1 fully saturated rings. The maximum atomic E-state index is 10.9. The first-order valence-electron chi connectivity index (χ1n) is 5.78. The molecular weight excluding hydrogens is 252 g/mol. The summed E-state index contributed by atoms with van der Waals surface area (Å²) < 4.78 is 6.29. The molecule has 0 aromatic rings. The number of hydrogen-bond donors (Lipinski definition) is 1. The molecule has 6 heteroatoms. The fraction of sp³-hybridized carbons (Fsp3) is 1.00. The van der Waals surface area contributed by atoms with Gasteiger partial charge in [0.1, 0.15) is 0 Å². The van der Waals surface area contributed by atoms with Crippen molar-refractivity contribution in [1.82, 2.24) is 0 Å². The molecule has 1 aliphatic heterocycles. The predicted molar refractivity (Wildman–Crippen MR) is 76.8 cm³/mol. The van der Waals surface area contributed by atoms with E-state index >= 15 is 0 Å². The fourth-order valence-electron chi connectivity index (χ4n) is 2.60. The van der Waals surface area contributed by atoms with Crippen LogP contribution in [0.5, 0.6) is 0 Å². The summed E-state index contributed by atoms with van der Waals surface area (Å²) in [6.07, 6.45) is 0. The summed E-state index contributed by atoms with van der Waals surface area (Å²) >= 11 is 0. The van der Waals surface area contributed by atoms with Gasteiger partial charge in [0.25, 0.3) is 0 Å². The van der Waals surface area contributed by atoms with Crippen LogP contribution < -0.4 is 0 Å². The van der Waals surface area contributed by atoms with Crippen LogP contribution in [-0.4, -0.2) is 40.4 Å². The van der Waals surface area contributed by atoms with E-state index in [9.17, 15) is 4.80 Å². The van der Waals surface area contributed by atoms with Gasteiger partial charge in [-0.25, -0.2) is 0 Å². The highest BCUT2D eigenvalue weighted by Gasteiger charge is 2.68. The Balaban J connectivity index is 3.30. The zero-order valence-electron chi connectivity index (χ0n) is 11.4. The molecule has 0 bridgehead atoms. The van der Waals surface area contributed by atoms with E-state index in [1.54, 1.807) is 0 Å². The Bertz CT molecular complexity index is 273. The average Bonchev–Trinajstić information content (AvgIpc) is 2.00. The molecule has 1 rings (SSSR count). The van der Waals surface area contributed by atoms with E-state index in [-0.39, 0.29) is 5.73 Å². The van der Waals surface area contributed by atoms with Crippen LogP contribution in [0, 0.1) is 0 Å². The summed E-state index contributed by atoms with van der Waals surface area (Å²) in [7, 11) is -6.49. The van der Waals surface area contributed by atoms with Crippen molar-refractivity contribution in [2.75, 3.05) is 0 Å². The monoisotopic (exact) mass is 278 g/mol. The lowest BCUT2D eigenvalue weighted by atomic mass is 10.9. The van der Waals surface area contributed by atoms with Crippen LogP contribution >= 0.6 is 0 Å². The Morgan fingerprint density at radius 2 is 1.27 bits per heavy atom. The van der Waals surface area contributed by atoms with Gasteiger partial charge >= 0.3 is 0 Å². The largest absolute Gasteiger partial charge is 0.432 e. The summed E-state index contributed by atoms with van der Waals surface area (Å²) in [6, 6.07) is 0. The highest BCUT2D eigenvalue weighted by molar-refractivity contribution is 7.82. The molecule has 90 valence electrons. The Hall–Kier alpha value is 0.788. The van der Waals surface area contributed by atoms with Crippen LogP contribution in [0.1, 0.15) is 6.92 Å². The minimum Gasteiger partial charge on any atom is -0.432 e. The van der Waals surface area contributed by atoms with E-state index in [0.717, 1.165) is 0 Å². The van der Waals surface area contributed by atoms with Gasteiger partial charge in [-0.3, -0.25) is 0 Å². The van der Waals surface area contributed by atoms with Crippen LogP contribution in [0.15, 0.2) is 0 Å². The molecular formula is C9H26O2Si4. The second-order valence-corrected chi connectivity index (χ2v) is 44.2. The molecule has 15 heavy (non-hydrogen) atoms. The molecule has 0 aromatic carbocycles. The average molecular weight is 279 g/mol. The first-order valence-corrected chi connectivity index (χ1v) is 20.2. The van der Waals surface area contributed by atoms with E-state index in [0.29, 0.717) is 0 Å².